The van der Waals surface area contributed by atoms with E-state index in [-0.39, 0.29) is 12.5 Å². The Balaban J connectivity index is 2.16. The number of amides is 1. The van der Waals surface area contributed by atoms with Crippen molar-refractivity contribution in [3.63, 3.8) is 0 Å². The predicted molar refractivity (Wildman–Crippen MR) is 59.5 cm³/mol. The molecule has 15 heavy (non-hydrogen) atoms. The third-order valence-electron chi connectivity index (χ3n) is 1.85. The number of fused-ring (bicyclic) bond motifs is 1. The van der Waals surface area contributed by atoms with Crippen molar-refractivity contribution < 1.29 is 9.90 Å². The van der Waals surface area contributed by atoms with Gasteiger partial charge in [0, 0.05) is 5.75 Å². The molecule has 1 unspecified atom stereocenters. The van der Waals surface area contributed by atoms with Crippen molar-refractivity contribution in [2.24, 2.45) is 15.0 Å². The fourth-order valence-electron chi connectivity index (χ4n) is 1.27. The number of carbonyl (C=O) groups is 1. The normalized spacial score (nSPS) is 24.0. The minimum atomic E-state index is -0.602. The maximum absolute atomic E-state index is 11.5. The van der Waals surface area contributed by atoms with Crippen LogP contribution in [0, 0.1) is 0 Å². The summed E-state index contributed by atoms with van der Waals surface area (Å²) in [6.45, 7) is 1.77. The van der Waals surface area contributed by atoms with Gasteiger partial charge in [-0.2, -0.15) is 0 Å². The first-order valence-corrected chi connectivity index (χ1v) is 5.45. The minimum absolute atomic E-state index is 0.0632. The van der Waals surface area contributed by atoms with Crippen molar-refractivity contribution in [3.8, 4) is 0 Å². The summed E-state index contributed by atoms with van der Waals surface area (Å²) in [5, 5.41) is 11.8. The fourth-order valence-corrected chi connectivity index (χ4v) is 1.88. The van der Waals surface area contributed by atoms with E-state index in [1.165, 1.54) is 11.8 Å². The highest BCUT2D eigenvalue weighted by molar-refractivity contribution is 8.13. The van der Waals surface area contributed by atoms with Gasteiger partial charge >= 0.3 is 0 Å². The van der Waals surface area contributed by atoms with Crippen molar-refractivity contribution >= 4 is 34.5 Å². The molecule has 1 atom stereocenters. The second-order valence-corrected chi connectivity index (χ2v) is 4.10. The van der Waals surface area contributed by atoms with Gasteiger partial charge < -0.3 is 10.4 Å². The Kier molecular flexibility index (Phi) is 2.83. The molecule has 0 saturated heterocycles. The average Bonchev–Trinajstić information content (AvgIpc) is 2.57. The first-order chi connectivity index (χ1) is 7.20. The topological polar surface area (TPSA) is 86.4 Å². The van der Waals surface area contributed by atoms with Crippen LogP contribution in [0.25, 0.3) is 0 Å². The van der Waals surface area contributed by atoms with Crippen LogP contribution < -0.4 is 5.32 Å². The van der Waals surface area contributed by atoms with Crippen LogP contribution in [0.2, 0.25) is 0 Å². The summed E-state index contributed by atoms with van der Waals surface area (Å²) in [7, 11) is 0. The quantitative estimate of drug-likeness (QED) is 0.659. The summed E-state index contributed by atoms with van der Waals surface area (Å²) < 4.78 is 0. The molecule has 0 fully saturated rings. The van der Waals surface area contributed by atoms with Gasteiger partial charge in [0.25, 0.3) is 5.91 Å². The molecule has 2 aliphatic rings. The first kappa shape index (κ1) is 10.3. The molecule has 7 heteroatoms. The summed E-state index contributed by atoms with van der Waals surface area (Å²) in [5.74, 6) is 1.31. The molecule has 2 rings (SSSR count). The molecule has 0 aromatic rings. The lowest BCUT2D eigenvalue weighted by molar-refractivity contribution is -0.119. The van der Waals surface area contributed by atoms with Crippen LogP contribution in [0.4, 0.5) is 0 Å². The van der Waals surface area contributed by atoms with E-state index in [0.29, 0.717) is 22.6 Å². The molecule has 0 aromatic heterocycles. The Hall–Kier alpha value is -1.21. The number of nitrogens with one attached hydrogen (secondary N) is 1. The zero-order valence-corrected chi connectivity index (χ0v) is 8.91. The molecule has 0 aromatic carbocycles. The van der Waals surface area contributed by atoms with Crippen molar-refractivity contribution in [2.45, 2.75) is 13.0 Å². The van der Waals surface area contributed by atoms with Gasteiger partial charge in [-0.25, -0.2) is 15.0 Å². The fraction of sp³-hybridized carbons (Fsp3) is 0.500. The van der Waals surface area contributed by atoms with Crippen molar-refractivity contribution in [1.29, 1.82) is 0 Å². The molecule has 0 saturated carbocycles. The van der Waals surface area contributed by atoms with Crippen molar-refractivity contribution in [1.82, 2.24) is 5.32 Å². The van der Waals surface area contributed by atoms with E-state index in [9.17, 15) is 4.79 Å². The smallest absolute Gasteiger partial charge is 0.258 e. The highest BCUT2D eigenvalue weighted by Gasteiger charge is 2.32. The number of nitrogens with zero attached hydrogens (tertiary/aromatic N) is 3. The lowest BCUT2D eigenvalue weighted by atomic mass is 10.2. The molecule has 0 spiro atoms. The zero-order chi connectivity index (χ0) is 10.8. The molecule has 80 valence electrons. The number of carbonyl (C=O) groups excluding carboxylic acids is 1. The van der Waals surface area contributed by atoms with Gasteiger partial charge in [0.2, 0.25) is 0 Å². The second-order valence-electron chi connectivity index (χ2n) is 3.04. The van der Waals surface area contributed by atoms with E-state index < -0.39 is 6.04 Å². The van der Waals surface area contributed by atoms with Crippen LogP contribution >= 0.6 is 11.8 Å². The monoisotopic (exact) mass is 226 g/mol. The van der Waals surface area contributed by atoms with Gasteiger partial charge in [-0.3, -0.25) is 4.79 Å². The van der Waals surface area contributed by atoms with Crippen LogP contribution in [-0.4, -0.2) is 46.3 Å². The molecule has 2 N–H and O–H groups in total. The highest BCUT2D eigenvalue weighted by atomic mass is 32.2. The van der Waals surface area contributed by atoms with Gasteiger partial charge in [-0.05, 0) is 6.92 Å². The number of rotatable bonds is 2. The molecular formula is C8H10N4O2S. The number of aliphatic imine (C=N–C) groups is 3. The number of hydrogen-bond donors (Lipinski definition) is 2. The van der Waals surface area contributed by atoms with Crippen LogP contribution in [0.1, 0.15) is 6.92 Å². The highest BCUT2D eigenvalue weighted by Crippen LogP contribution is 2.17. The summed E-state index contributed by atoms with van der Waals surface area (Å²) in [6, 6.07) is -0.602. The van der Waals surface area contributed by atoms with Crippen LogP contribution in [-0.2, 0) is 4.79 Å². The van der Waals surface area contributed by atoms with Crippen LogP contribution in [0.3, 0.4) is 0 Å². The van der Waals surface area contributed by atoms with E-state index in [2.05, 4.69) is 20.3 Å². The summed E-state index contributed by atoms with van der Waals surface area (Å²) in [5.41, 5.74) is 0. The molecule has 6 nitrogen and oxygen atoms in total. The number of aliphatic hydroxyl groups is 1. The molecule has 0 aliphatic carbocycles. The number of aliphatic hydroxyl groups excluding tert-OH is 1. The summed E-state index contributed by atoms with van der Waals surface area (Å²) >= 11 is 1.32. The zero-order valence-electron chi connectivity index (χ0n) is 8.10. The Morgan fingerprint density at radius 3 is 3.07 bits per heavy atom. The SMILES string of the molecule is CC1=NC2=NC(SCCO)=NC2C(=O)N1. The van der Waals surface area contributed by atoms with E-state index in [0.717, 1.165) is 0 Å². The summed E-state index contributed by atoms with van der Waals surface area (Å²) in [4.78, 5) is 23.8. The average molecular weight is 226 g/mol. The molecule has 0 bridgehead atoms. The predicted octanol–water partition coefficient (Wildman–Crippen LogP) is -0.603. The largest absolute Gasteiger partial charge is 0.396 e. The van der Waals surface area contributed by atoms with E-state index in [1.54, 1.807) is 6.92 Å². The van der Waals surface area contributed by atoms with Crippen LogP contribution in [0.5, 0.6) is 0 Å². The second kappa shape index (κ2) is 4.11. The Morgan fingerprint density at radius 1 is 1.53 bits per heavy atom. The van der Waals surface area contributed by atoms with Gasteiger partial charge in [-0.1, -0.05) is 11.8 Å². The molecule has 0 radical (unpaired) electrons. The number of hydrogen-bond acceptors (Lipinski definition) is 6. The lowest BCUT2D eigenvalue weighted by Gasteiger charge is -2.14. The van der Waals surface area contributed by atoms with Gasteiger partial charge in [0.15, 0.2) is 17.0 Å². The number of thioether (sulfide) groups is 1. The first-order valence-electron chi connectivity index (χ1n) is 4.47. The Labute approximate surface area is 90.6 Å². The van der Waals surface area contributed by atoms with E-state index in [4.69, 9.17) is 5.11 Å². The van der Waals surface area contributed by atoms with Gasteiger partial charge in [-0.15, -0.1) is 0 Å². The van der Waals surface area contributed by atoms with Crippen LogP contribution in [0.15, 0.2) is 15.0 Å². The lowest BCUT2D eigenvalue weighted by Crippen LogP contribution is -2.44. The molecular weight excluding hydrogens is 216 g/mol. The third kappa shape index (κ3) is 2.07. The van der Waals surface area contributed by atoms with E-state index >= 15 is 0 Å². The third-order valence-corrected chi connectivity index (χ3v) is 2.69. The van der Waals surface area contributed by atoms with Gasteiger partial charge in [0.1, 0.15) is 5.84 Å². The minimum Gasteiger partial charge on any atom is -0.396 e. The Bertz CT molecular complexity index is 388. The van der Waals surface area contributed by atoms with Crippen molar-refractivity contribution in [3.05, 3.63) is 0 Å². The summed E-state index contributed by atoms with van der Waals surface area (Å²) in [6.07, 6.45) is 0. The van der Waals surface area contributed by atoms with E-state index in [1.807, 2.05) is 0 Å². The van der Waals surface area contributed by atoms with Crippen molar-refractivity contribution in [2.75, 3.05) is 12.4 Å². The molecule has 2 heterocycles. The molecule has 2 aliphatic heterocycles. The maximum Gasteiger partial charge on any atom is 0.258 e. The maximum atomic E-state index is 11.5. The van der Waals surface area contributed by atoms with Gasteiger partial charge in [0.05, 0.1) is 6.61 Å². The standard InChI is InChI=1S/C8H10N4O2S/c1-4-9-6-5(7(14)10-4)11-8(12-6)15-3-2-13/h5,13H,2-3H2,1H3,(H,9,10,11,12,14). The number of amidine groups is 3. The molecule has 1 amide bonds. The Morgan fingerprint density at radius 2 is 2.33 bits per heavy atom.